The minimum absolute atomic E-state index is 0.113. The standard InChI is InChI=1S/C26H28N6O5/c1-15(27-7-8-31(2)3)17-9-21-20(28-12-17)11-22(37-21)26(24(34)29-25(35)30-26)14-32-13-16-5-6-18(36-4)10-19(16)23(32)33/h5-6,9-12H,7-8,13-14H2,1-4H3,(H2,29,30,34,35). The fourth-order valence-corrected chi connectivity index (χ4v) is 4.57. The highest BCUT2D eigenvalue weighted by atomic mass is 16.5. The van der Waals surface area contributed by atoms with Crippen molar-refractivity contribution < 1.29 is 23.5 Å². The topological polar surface area (TPSA) is 129 Å². The molecule has 1 unspecified atom stereocenters. The molecule has 3 aromatic rings. The van der Waals surface area contributed by atoms with Crippen LogP contribution in [-0.4, -0.2) is 79.2 Å². The number of amides is 4. The van der Waals surface area contributed by atoms with Crippen molar-refractivity contribution in [3.8, 4) is 5.75 Å². The Bertz CT molecular complexity index is 1440. The number of rotatable bonds is 8. The summed E-state index contributed by atoms with van der Waals surface area (Å²) >= 11 is 0. The highest BCUT2D eigenvalue weighted by molar-refractivity contribution is 6.08. The zero-order valence-electron chi connectivity index (χ0n) is 21.1. The van der Waals surface area contributed by atoms with E-state index in [4.69, 9.17) is 9.15 Å². The second-order valence-corrected chi connectivity index (χ2v) is 9.49. The molecular weight excluding hydrogens is 476 g/mol. The molecule has 192 valence electrons. The van der Waals surface area contributed by atoms with Crippen LogP contribution in [0.3, 0.4) is 0 Å². The molecule has 2 N–H and O–H groups in total. The van der Waals surface area contributed by atoms with E-state index in [1.165, 1.54) is 12.0 Å². The lowest BCUT2D eigenvalue weighted by Gasteiger charge is -2.28. The monoisotopic (exact) mass is 504 g/mol. The largest absolute Gasteiger partial charge is 0.497 e. The normalized spacial score (nSPS) is 19.5. The van der Waals surface area contributed by atoms with Crippen molar-refractivity contribution in [1.82, 2.24) is 25.4 Å². The number of aliphatic imine (C=N–C) groups is 1. The molecule has 1 saturated heterocycles. The smallest absolute Gasteiger partial charge is 0.322 e. The Labute approximate surface area is 213 Å². The fraction of sp³-hybridized carbons (Fsp3) is 0.346. The van der Waals surface area contributed by atoms with Gasteiger partial charge in [-0.15, -0.1) is 0 Å². The van der Waals surface area contributed by atoms with Crippen LogP contribution in [0.1, 0.15) is 34.2 Å². The Morgan fingerprint density at radius 3 is 2.76 bits per heavy atom. The molecule has 0 spiro atoms. The first-order valence-electron chi connectivity index (χ1n) is 11.9. The van der Waals surface area contributed by atoms with Gasteiger partial charge in [0, 0.05) is 42.2 Å². The Hall–Kier alpha value is -4.25. The number of carbonyl (C=O) groups excluding carboxylic acids is 3. The van der Waals surface area contributed by atoms with Gasteiger partial charge in [0.1, 0.15) is 17.0 Å². The summed E-state index contributed by atoms with van der Waals surface area (Å²) in [6, 6.07) is 8.05. The number of hydrogen-bond donors (Lipinski definition) is 2. The summed E-state index contributed by atoms with van der Waals surface area (Å²) in [7, 11) is 5.51. The molecule has 37 heavy (non-hydrogen) atoms. The third kappa shape index (κ3) is 4.42. The lowest BCUT2D eigenvalue weighted by atomic mass is 9.95. The number of imide groups is 1. The summed E-state index contributed by atoms with van der Waals surface area (Å²) in [5, 5.41) is 4.99. The maximum Gasteiger partial charge on any atom is 0.322 e. The second-order valence-electron chi connectivity index (χ2n) is 9.49. The van der Waals surface area contributed by atoms with E-state index in [0.29, 0.717) is 29.0 Å². The van der Waals surface area contributed by atoms with Gasteiger partial charge in [0.2, 0.25) is 0 Å². The number of fused-ring (bicyclic) bond motifs is 2. The summed E-state index contributed by atoms with van der Waals surface area (Å²) in [5.41, 5.74) is 2.28. The van der Waals surface area contributed by atoms with Crippen LogP contribution in [0.15, 0.2) is 45.9 Å². The van der Waals surface area contributed by atoms with Crippen LogP contribution in [-0.2, 0) is 16.9 Å². The number of ether oxygens (including phenoxy) is 1. The molecule has 1 atom stereocenters. The Morgan fingerprint density at radius 1 is 1.24 bits per heavy atom. The maximum absolute atomic E-state index is 13.2. The molecule has 4 amide bonds. The molecule has 0 bridgehead atoms. The fourth-order valence-electron chi connectivity index (χ4n) is 4.57. The molecule has 1 fully saturated rings. The number of methoxy groups -OCH3 is 1. The lowest BCUT2D eigenvalue weighted by Crippen LogP contribution is -2.52. The van der Waals surface area contributed by atoms with E-state index in [-0.39, 0.29) is 24.8 Å². The van der Waals surface area contributed by atoms with Crippen LogP contribution in [0, 0.1) is 0 Å². The number of benzene rings is 1. The molecule has 0 aliphatic carbocycles. The second kappa shape index (κ2) is 9.32. The van der Waals surface area contributed by atoms with Gasteiger partial charge >= 0.3 is 6.03 Å². The number of pyridine rings is 1. The molecule has 1 aromatic carbocycles. The number of likely N-dealkylation sites (N-methyl/N-ethyl adjacent to an activating group) is 1. The molecule has 2 aromatic heterocycles. The first-order valence-corrected chi connectivity index (χ1v) is 11.9. The summed E-state index contributed by atoms with van der Waals surface area (Å²) in [5.74, 6) is -0.0998. The summed E-state index contributed by atoms with van der Waals surface area (Å²) < 4.78 is 11.4. The van der Waals surface area contributed by atoms with Crippen molar-refractivity contribution >= 4 is 34.7 Å². The van der Waals surface area contributed by atoms with E-state index in [2.05, 4.69) is 25.5 Å². The first-order chi connectivity index (χ1) is 17.7. The molecule has 5 rings (SSSR count). The minimum atomic E-state index is -1.60. The Morgan fingerprint density at radius 2 is 2.05 bits per heavy atom. The lowest BCUT2D eigenvalue weighted by molar-refractivity contribution is -0.125. The van der Waals surface area contributed by atoms with Crippen LogP contribution >= 0.6 is 0 Å². The molecule has 2 aliphatic rings. The third-order valence-electron chi connectivity index (χ3n) is 6.67. The van der Waals surface area contributed by atoms with Crippen LogP contribution in [0.2, 0.25) is 0 Å². The van der Waals surface area contributed by atoms with Crippen molar-refractivity contribution in [2.75, 3.05) is 40.8 Å². The van der Waals surface area contributed by atoms with E-state index in [1.807, 2.05) is 33.2 Å². The Balaban J connectivity index is 1.47. The number of carbonyl (C=O) groups is 3. The van der Waals surface area contributed by atoms with Crippen LogP contribution in [0.4, 0.5) is 4.79 Å². The van der Waals surface area contributed by atoms with Crippen molar-refractivity contribution in [3.05, 3.63) is 59.0 Å². The highest BCUT2D eigenvalue weighted by Gasteiger charge is 2.53. The number of urea groups is 1. The third-order valence-corrected chi connectivity index (χ3v) is 6.67. The molecule has 0 saturated carbocycles. The number of aromatic nitrogens is 1. The number of nitrogens with zero attached hydrogens (tertiary/aromatic N) is 4. The quantitative estimate of drug-likeness (QED) is 0.354. The van der Waals surface area contributed by atoms with Crippen LogP contribution in [0.25, 0.3) is 11.1 Å². The maximum atomic E-state index is 13.2. The average molecular weight is 505 g/mol. The SMILES string of the molecule is COc1ccc2c(c1)C(=O)N(CC1(c3cc4ncc(C(C)=NCCN(C)C)cc4o3)NC(=O)NC1=O)C2. The van der Waals surface area contributed by atoms with Crippen molar-refractivity contribution in [2.24, 2.45) is 4.99 Å². The highest BCUT2D eigenvalue weighted by Crippen LogP contribution is 2.34. The van der Waals surface area contributed by atoms with Gasteiger partial charge in [0.05, 0.1) is 20.2 Å². The van der Waals surface area contributed by atoms with Gasteiger partial charge in [-0.05, 0) is 44.8 Å². The van der Waals surface area contributed by atoms with Gasteiger partial charge in [0.15, 0.2) is 11.1 Å². The molecule has 0 radical (unpaired) electrons. The zero-order chi connectivity index (χ0) is 26.3. The average Bonchev–Trinajstić information content (AvgIpc) is 3.52. The minimum Gasteiger partial charge on any atom is -0.497 e. The first kappa shape index (κ1) is 24.4. The number of furan rings is 1. The van der Waals surface area contributed by atoms with Crippen molar-refractivity contribution in [3.63, 3.8) is 0 Å². The van der Waals surface area contributed by atoms with Gasteiger partial charge in [-0.2, -0.15) is 0 Å². The van der Waals surface area contributed by atoms with Crippen molar-refractivity contribution in [1.29, 1.82) is 0 Å². The predicted octanol–water partition coefficient (Wildman–Crippen LogP) is 1.90. The van der Waals surface area contributed by atoms with Gasteiger partial charge in [-0.1, -0.05) is 6.07 Å². The van der Waals surface area contributed by atoms with E-state index >= 15 is 0 Å². The zero-order valence-corrected chi connectivity index (χ0v) is 21.1. The van der Waals surface area contributed by atoms with E-state index in [0.717, 1.165) is 23.4 Å². The van der Waals surface area contributed by atoms with Gasteiger partial charge < -0.3 is 24.3 Å². The number of hydrogen-bond acceptors (Lipinski definition) is 8. The Kier molecular flexibility index (Phi) is 6.16. The summed E-state index contributed by atoms with van der Waals surface area (Å²) in [6.07, 6.45) is 1.70. The van der Waals surface area contributed by atoms with Crippen LogP contribution in [0.5, 0.6) is 5.75 Å². The summed E-state index contributed by atoms with van der Waals surface area (Å²) in [4.78, 5) is 51.3. The molecule has 2 aliphatic heterocycles. The predicted molar refractivity (Wildman–Crippen MR) is 136 cm³/mol. The van der Waals surface area contributed by atoms with E-state index < -0.39 is 17.5 Å². The molecule has 11 heteroatoms. The van der Waals surface area contributed by atoms with Gasteiger partial charge in [-0.3, -0.25) is 24.9 Å². The molecule has 4 heterocycles. The van der Waals surface area contributed by atoms with Crippen molar-refractivity contribution in [2.45, 2.75) is 19.0 Å². The number of nitrogens with one attached hydrogen (secondary N) is 2. The van der Waals surface area contributed by atoms with Crippen LogP contribution < -0.4 is 15.4 Å². The molecule has 11 nitrogen and oxygen atoms in total. The van der Waals surface area contributed by atoms with Gasteiger partial charge in [0.25, 0.3) is 11.8 Å². The molecular formula is C26H28N6O5. The van der Waals surface area contributed by atoms with Gasteiger partial charge in [-0.25, -0.2) is 4.79 Å². The van der Waals surface area contributed by atoms with E-state index in [9.17, 15) is 14.4 Å². The summed E-state index contributed by atoms with van der Waals surface area (Å²) in [6.45, 7) is 3.54. The van der Waals surface area contributed by atoms with E-state index in [1.54, 1.807) is 24.4 Å².